The zero-order valence-electron chi connectivity index (χ0n) is 12.9. The zero-order chi connectivity index (χ0) is 17.9. The van der Waals surface area contributed by atoms with Crippen LogP contribution in [0.4, 0.5) is 13.2 Å². The Balaban J connectivity index is 2.18. The van der Waals surface area contributed by atoms with Crippen LogP contribution in [-0.2, 0) is 17.5 Å². The van der Waals surface area contributed by atoms with Gasteiger partial charge in [0.2, 0.25) is 0 Å². The van der Waals surface area contributed by atoms with E-state index in [1.54, 1.807) is 0 Å². The zero-order valence-corrected chi connectivity index (χ0v) is 13.7. The van der Waals surface area contributed by atoms with E-state index in [9.17, 15) is 22.8 Å². The van der Waals surface area contributed by atoms with Crippen LogP contribution in [0.15, 0.2) is 36.4 Å². The number of carbonyl (C=O) groups excluding carboxylic acids is 2. The van der Waals surface area contributed by atoms with E-state index < -0.39 is 23.6 Å². The molecule has 128 valence electrons. The smallest absolute Gasteiger partial charge is 0.416 e. The van der Waals surface area contributed by atoms with Crippen molar-refractivity contribution in [3.05, 3.63) is 57.3 Å². The van der Waals surface area contributed by atoms with Crippen molar-refractivity contribution in [1.29, 1.82) is 0 Å². The number of ether oxygens (including phenoxy) is 1. The maximum Gasteiger partial charge on any atom is 0.416 e. The normalized spacial score (nSPS) is 11.2. The second-order valence-electron chi connectivity index (χ2n) is 4.97. The fourth-order valence-electron chi connectivity index (χ4n) is 2.11. The summed E-state index contributed by atoms with van der Waals surface area (Å²) in [6.45, 7) is -0.194. The van der Waals surface area contributed by atoms with Gasteiger partial charge in [-0.15, -0.1) is 11.3 Å². The number of nitrogens with zero attached hydrogens (tertiary/aromatic N) is 1. The third-order valence-electron chi connectivity index (χ3n) is 3.28. The lowest BCUT2D eigenvalue weighted by molar-refractivity contribution is -0.138. The number of hydrogen-bond acceptors (Lipinski definition) is 4. The van der Waals surface area contributed by atoms with Gasteiger partial charge in [0.25, 0.3) is 5.91 Å². The highest BCUT2D eigenvalue weighted by atomic mass is 32.1. The second-order valence-corrected chi connectivity index (χ2v) is 6.06. The lowest BCUT2D eigenvalue weighted by Gasteiger charge is -2.19. The molecular formula is C16H14F3NO3S. The molecule has 1 heterocycles. The molecule has 4 nitrogen and oxygen atoms in total. The van der Waals surface area contributed by atoms with Gasteiger partial charge in [0.15, 0.2) is 0 Å². The van der Waals surface area contributed by atoms with Gasteiger partial charge in [-0.1, -0.05) is 18.2 Å². The standard InChI is InChI=1S/C16H14F3NO3S/c1-20(9-10-5-3-4-6-11(10)16(17,18)19)14(21)12-7-8-13(24-12)15(22)23-2/h3-8H,9H2,1-2H3. The van der Waals surface area contributed by atoms with E-state index in [0.29, 0.717) is 0 Å². The van der Waals surface area contributed by atoms with Gasteiger partial charge in [0, 0.05) is 13.6 Å². The van der Waals surface area contributed by atoms with Gasteiger partial charge < -0.3 is 9.64 Å². The van der Waals surface area contributed by atoms with Gasteiger partial charge in [-0.3, -0.25) is 4.79 Å². The SMILES string of the molecule is COC(=O)c1ccc(C(=O)N(C)Cc2ccccc2C(F)(F)F)s1. The maximum absolute atomic E-state index is 13.0. The highest BCUT2D eigenvalue weighted by Gasteiger charge is 2.33. The van der Waals surface area contributed by atoms with Crippen LogP contribution in [-0.4, -0.2) is 30.9 Å². The highest BCUT2D eigenvalue weighted by Crippen LogP contribution is 2.32. The molecule has 0 saturated carbocycles. The Hall–Kier alpha value is -2.35. The van der Waals surface area contributed by atoms with E-state index in [2.05, 4.69) is 4.74 Å². The highest BCUT2D eigenvalue weighted by molar-refractivity contribution is 7.15. The number of thiophene rings is 1. The topological polar surface area (TPSA) is 46.6 Å². The van der Waals surface area contributed by atoms with E-state index in [4.69, 9.17) is 0 Å². The number of esters is 1. The molecule has 0 aliphatic rings. The molecule has 0 unspecified atom stereocenters. The van der Waals surface area contributed by atoms with Crippen molar-refractivity contribution in [2.45, 2.75) is 12.7 Å². The molecule has 0 atom stereocenters. The Morgan fingerprint density at radius 2 is 1.75 bits per heavy atom. The van der Waals surface area contributed by atoms with Crippen molar-refractivity contribution in [1.82, 2.24) is 4.90 Å². The molecule has 2 aromatic rings. The van der Waals surface area contributed by atoms with Crippen molar-refractivity contribution in [3.63, 3.8) is 0 Å². The van der Waals surface area contributed by atoms with Crippen molar-refractivity contribution in [2.75, 3.05) is 14.2 Å². The Kier molecular flexibility index (Phi) is 5.28. The van der Waals surface area contributed by atoms with Crippen LogP contribution in [0.1, 0.15) is 30.5 Å². The van der Waals surface area contributed by atoms with Crippen molar-refractivity contribution in [2.24, 2.45) is 0 Å². The first-order chi connectivity index (χ1) is 11.2. The summed E-state index contributed by atoms with van der Waals surface area (Å²) in [5, 5.41) is 0. The van der Waals surface area contributed by atoms with Crippen LogP contribution in [0, 0.1) is 0 Å². The molecule has 1 aromatic heterocycles. The number of benzene rings is 1. The van der Waals surface area contributed by atoms with Crippen LogP contribution in [0.5, 0.6) is 0 Å². The summed E-state index contributed by atoms with van der Waals surface area (Å²) >= 11 is 0.934. The minimum Gasteiger partial charge on any atom is -0.465 e. The van der Waals surface area contributed by atoms with Gasteiger partial charge in [-0.05, 0) is 23.8 Å². The average molecular weight is 357 g/mol. The summed E-state index contributed by atoms with van der Waals surface area (Å²) in [6.07, 6.45) is -4.48. The van der Waals surface area contributed by atoms with Gasteiger partial charge in [-0.2, -0.15) is 13.2 Å². The summed E-state index contributed by atoms with van der Waals surface area (Å²) in [5.74, 6) is -1.03. The van der Waals surface area contributed by atoms with Crippen LogP contribution in [0.3, 0.4) is 0 Å². The monoisotopic (exact) mass is 357 g/mol. The predicted octanol–water partition coefficient (Wildman–Crippen LogP) is 3.83. The first kappa shape index (κ1) is 18.0. The number of halogens is 3. The minimum absolute atomic E-state index is 0.00518. The van der Waals surface area contributed by atoms with Crippen LogP contribution >= 0.6 is 11.3 Å². The number of hydrogen-bond donors (Lipinski definition) is 0. The Morgan fingerprint density at radius 1 is 1.12 bits per heavy atom. The molecule has 2 rings (SSSR count). The molecule has 0 radical (unpaired) electrons. The third kappa shape index (κ3) is 3.94. The molecule has 24 heavy (non-hydrogen) atoms. The Bertz CT molecular complexity index is 755. The number of rotatable bonds is 4. The molecular weight excluding hydrogens is 343 g/mol. The second kappa shape index (κ2) is 7.04. The molecule has 0 fully saturated rings. The van der Waals surface area contributed by atoms with Crippen molar-refractivity contribution in [3.8, 4) is 0 Å². The average Bonchev–Trinajstić information content (AvgIpc) is 3.02. The van der Waals surface area contributed by atoms with Crippen LogP contribution in [0.25, 0.3) is 0 Å². The van der Waals surface area contributed by atoms with Crippen molar-refractivity contribution < 1.29 is 27.5 Å². The van der Waals surface area contributed by atoms with Gasteiger partial charge >= 0.3 is 12.1 Å². The Morgan fingerprint density at radius 3 is 2.38 bits per heavy atom. The number of carbonyl (C=O) groups is 2. The first-order valence-electron chi connectivity index (χ1n) is 6.82. The van der Waals surface area contributed by atoms with E-state index in [1.807, 2.05) is 0 Å². The van der Waals surface area contributed by atoms with Gasteiger partial charge in [0.05, 0.1) is 17.6 Å². The lowest BCUT2D eigenvalue weighted by Crippen LogP contribution is -2.26. The molecule has 0 bridgehead atoms. The lowest BCUT2D eigenvalue weighted by atomic mass is 10.1. The van der Waals surface area contributed by atoms with Crippen molar-refractivity contribution >= 4 is 23.2 Å². The van der Waals surface area contributed by atoms with Gasteiger partial charge in [-0.25, -0.2) is 4.79 Å². The molecule has 1 aromatic carbocycles. The quantitative estimate of drug-likeness (QED) is 0.782. The third-order valence-corrected chi connectivity index (χ3v) is 4.33. The summed E-state index contributed by atoms with van der Waals surface area (Å²) in [5.41, 5.74) is -0.767. The van der Waals surface area contributed by atoms with E-state index in [0.717, 1.165) is 17.4 Å². The minimum atomic E-state index is -4.48. The number of amides is 1. The summed E-state index contributed by atoms with van der Waals surface area (Å²) in [6, 6.07) is 8.00. The fraction of sp³-hybridized carbons (Fsp3) is 0.250. The molecule has 1 amide bonds. The Labute approximate surface area is 140 Å². The van der Waals surface area contributed by atoms with E-state index >= 15 is 0 Å². The summed E-state index contributed by atoms with van der Waals surface area (Å²) in [7, 11) is 2.64. The molecule has 0 N–H and O–H groups in total. The summed E-state index contributed by atoms with van der Waals surface area (Å²) in [4.78, 5) is 25.4. The molecule has 0 aliphatic carbocycles. The molecule has 0 saturated heterocycles. The molecule has 8 heteroatoms. The number of methoxy groups -OCH3 is 1. The van der Waals surface area contributed by atoms with E-state index in [1.165, 1.54) is 49.4 Å². The first-order valence-corrected chi connectivity index (χ1v) is 7.64. The van der Waals surface area contributed by atoms with Crippen LogP contribution < -0.4 is 0 Å². The predicted molar refractivity (Wildman–Crippen MR) is 82.9 cm³/mol. The molecule has 0 aliphatic heterocycles. The maximum atomic E-state index is 13.0. The summed E-state index contributed by atoms with van der Waals surface area (Å²) < 4.78 is 43.6. The van der Waals surface area contributed by atoms with E-state index in [-0.39, 0.29) is 21.9 Å². The largest absolute Gasteiger partial charge is 0.465 e. The molecule has 0 spiro atoms. The fourth-order valence-corrected chi connectivity index (χ4v) is 3.03. The number of alkyl halides is 3. The van der Waals surface area contributed by atoms with Crippen LogP contribution in [0.2, 0.25) is 0 Å². The van der Waals surface area contributed by atoms with Gasteiger partial charge in [0.1, 0.15) is 4.88 Å².